The monoisotopic (exact) mass is 434 g/mol. The summed E-state index contributed by atoms with van der Waals surface area (Å²) in [7, 11) is 0. The zero-order valence-electron chi connectivity index (χ0n) is 17.1. The van der Waals surface area contributed by atoms with Crippen molar-refractivity contribution in [3.63, 3.8) is 0 Å². The lowest BCUT2D eigenvalue weighted by Crippen LogP contribution is -2.23. The Kier molecular flexibility index (Phi) is 4.67. The smallest absolute Gasteiger partial charge is 0.259 e. The van der Waals surface area contributed by atoms with E-state index in [0.29, 0.717) is 39.6 Å². The Bertz CT molecular complexity index is 1390. The van der Waals surface area contributed by atoms with Gasteiger partial charge in [0.25, 0.3) is 11.6 Å². The molecule has 156 valence electrons. The average molecular weight is 434 g/mol. The first-order chi connectivity index (χ1) is 15.0. The summed E-state index contributed by atoms with van der Waals surface area (Å²) in [6.07, 6.45) is 1.55. The molecule has 0 aliphatic carbocycles. The summed E-state index contributed by atoms with van der Waals surface area (Å²) < 4.78 is 16.5. The van der Waals surface area contributed by atoms with E-state index in [1.54, 1.807) is 30.6 Å². The van der Waals surface area contributed by atoms with Crippen molar-refractivity contribution in [1.29, 1.82) is 0 Å². The van der Waals surface area contributed by atoms with Crippen molar-refractivity contribution < 1.29 is 18.2 Å². The first-order valence-corrected chi connectivity index (χ1v) is 10.5. The van der Waals surface area contributed by atoms with Crippen LogP contribution in [0.4, 0.5) is 0 Å². The SMILES string of the molecule is Cc1cc(-c2cc(C(=O)NCc3coc(-c4cccs4)n3)c3c(C)noc3n2)c(C)o1. The Morgan fingerprint density at radius 2 is 2.06 bits per heavy atom. The Hall–Kier alpha value is -3.72. The number of carbonyl (C=O) groups is 1. The van der Waals surface area contributed by atoms with Crippen molar-refractivity contribution in [2.75, 3.05) is 0 Å². The number of nitrogens with one attached hydrogen (secondary N) is 1. The molecule has 0 aromatic carbocycles. The highest BCUT2D eigenvalue weighted by Crippen LogP contribution is 2.30. The van der Waals surface area contributed by atoms with Crippen LogP contribution < -0.4 is 5.32 Å². The van der Waals surface area contributed by atoms with E-state index < -0.39 is 0 Å². The minimum atomic E-state index is -0.279. The molecule has 5 rings (SSSR count). The van der Waals surface area contributed by atoms with Gasteiger partial charge in [-0.05, 0) is 44.4 Å². The number of hydrogen-bond donors (Lipinski definition) is 1. The number of nitrogens with zero attached hydrogens (tertiary/aromatic N) is 3. The molecule has 0 unspecified atom stereocenters. The van der Waals surface area contributed by atoms with Crippen LogP contribution in [0.25, 0.3) is 33.1 Å². The molecule has 5 aromatic rings. The van der Waals surface area contributed by atoms with Crippen molar-refractivity contribution in [3.05, 3.63) is 64.4 Å². The van der Waals surface area contributed by atoms with E-state index in [-0.39, 0.29) is 12.5 Å². The number of thiophene rings is 1. The number of aromatic nitrogens is 3. The number of rotatable bonds is 5. The highest BCUT2D eigenvalue weighted by Gasteiger charge is 2.21. The average Bonchev–Trinajstić information content (AvgIpc) is 3.53. The van der Waals surface area contributed by atoms with Gasteiger partial charge < -0.3 is 18.7 Å². The Labute approximate surface area is 180 Å². The molecule has 0 saturated carbocycles. The van der Waals surface area contributed by atoms with Gasteiger partial charge >= 0.3 is 0 Å². The molecule has 1 amide bonds. The predicted octanol–water partition coefficient (Wildman–Crippen LogP) is 5.05. The fourth-order valence-electron chi connectivity index (χ4n) is 3.46. The number of carbonyl (C=O) groups excluding carboxylic acids is 1. The van der Waals surface area contributed by atoms with Crippen molar-refractivity contribution in [2.45, 2.75) is 27.3 Å². The maximum atomic E-state index is 13.1. The van der Waals surface area contributed by atoms with E-state index in [1.807, 2.05) is 37.4 Å². The standard InChI is InChI=1S/C22H18N4O4S/c1-11-7-15(13(3)29-11)17-8-16(19-12(2)26-30-22(19)25-17)20(27)23-9-14-10-28-21(24-14)18-5-4-6-31-18/h4-8,10H,9H2,1-3H3,(H,23,27). The van der Waals surface area contributed by atoms with Gasteiger partial charge in [0.15, 0.2) is 0 Å². The van der Waals surface area contributed by atoms with Gasteiger partial charge in [-0.1, -0.05) is 11.2 Å². The van der Waals surface area contributed by atoms with Crippen LogP contribution in [0, 0.1) is 20.8 Å². The maximum absolute atomic E-state index is 13.1. The maximum Gasteiger partial charge on any atom is 0.259 e. The van der Waals surface area contributed by atoms with Gasteiger partial charge in [0.05, 0.1) is 39.5 Å². The van der Waals surface area contributed by atoms with Crippen LogP contribution >= 0.6 is 11.3 Å². The van der Waals surface area contributed by atoms with Crippen molar-refractivity contribution in [2.24, 2.45) is 0 Å². The fourth-order valence-corrected chi connectivity index (χ4v) is 4.12. The topological polar surface area (TPSA) is 107 Å². The molecule has 0 radical (unpaired) electrons. The van der Waals surface area contributed by atoms with E-state index in [1.165, 1.54) is 0 Å². The third-order valence-electron chi connectivity index (χ3n) is 4.89. The molecule has 31 heavy (non-hydrogen) atoms. The number of fused-ring (bicyclic) bond motifs is 1. The van der Waals surface area contributed by atoms with E-state index in [4.69, 9.17) is 13.4 Å². The number of hydrogen-bond acceptors (Lipinski definition) is 8. The highest BCUT2D eigenvalue weighted by molar-refractivity contribution is 7.13. The second kappa shape index (κ2) is 7.51. The summed E-state index contributed by atoms with van der Waals surface area (Å²) >= 11 is 1.54. The largest absolute Gasteiger partial charge is 0.466 e. The van der Waals surface area contributed by atoms with Gasteiger partial charge in [0.2, 0.25) is 5.89 Å². The van der Waals surface area contributed by atoms with Gasteiger partial charge in [-0.15, -0.1) is 11.3 Å². The molecule has 0 atom stereocenters. The summed E-state index contributed by atoms with van der Waals surface area (Å²) in [6, 6.07) is 7.49. The van der Waals surface area contributed by atoms with Crippen molar-refractivity contribution in [3.8, 4) is 22.0 Å². The molecular formula is C22H18N4O4S. The number of aryl methyl sites for hydroxylation is 3. The van der Waals surface area contributed by atoms with Crippen LogP contribution in [0.15, 0.2) is 49.3 Å². The summed E-state index contributed by atoms with van der Waals surface area (Å²) in [5, 5.41) is 9.43. The highest BCUT2D eigenvalue weighted by atomic mass is 32.1. The van der Waals surface area contributed by atoms with Crippen LogP contribution in [0.5, 0.6) is 0 Å². The Morgan fingerprint density at radius 1 is 1.19 bits per heavy atom. The lowest BCUT2D eigenvalue weighted by atomic mass is 10.1. The minimum Gasteiger partial charge on any atom is -0.466 e. The quantitative estimate of drug-likeness (QED) is 0.412. The molecule has 8 nitrogen and oxygen atoms in total. The molecule has 5 aromatic heterocycles. The second-order valence-electron chi connectivity index (χ2n) is 7.13. The van der Waals surface area contributed by atoms with Crippen molar-refractivity contribution >= 4 is 28.3 Å². The lowest BCUT2D eigenvalue weighted by molar-refractivity contribution is 0.0952. The Morgan fingerprint density at radius 3 is 2.81 bits per heavy atom. The lowest BCUT2D eigenvalue weighted by Gasteiger charge is -2.07. The first-order valence-electron chi connectivity index (χ1n) is 9.60. The van der Waals surface area contributed by atoms with Crippen LogP contribution in [0.2, 0.25) is 0 Å². The third kappa shape index (κ3) is 3.53. The molecule has 0 saturated heterocycles. The molecule has 1 N–H and O–H groups in total. The minimum absolute atomic E-state index is 0.223. The van der Waals surface area contributed by atoms with Crippen molar-refractivity contribution in [1.82, 2.24) is 20.4 Å². The van der Waals surface area contributed by atoms with Gasteiger partial charge in [-0.3, -0.25) is 4.79 Å². The molecule has 0 fully saturated rings. The number of oxazole rings is 1. The second-order valence-corrected chi connectivity index (χ2v) is 8.08. The Balaban J connectivity index is 1.45. The first kappa shape index (κ1) is 19.3. The van der Waals surface area contributed by atoms with E-state index in [2.05, 4.69) is 20.4 Å². The van der Waals surface area contributed by atoms with Crippen LogP contribution in [0.3, 0.4) is 0 Å². The number of pyridine rings is 1. The molecule has 0 aliphatic heterocycles. The summed E-state index contributed by atoms with van der Waals surface area (Å²) in [4.78, 5) is 23.0. The number of amides is 1. The third-order valence-corrected chi connectivity index (χ3v) is 5.75. The zero-order valence-corrected chi connectivity index (χ0v) is 17.9. The fraction of sp³-hybridized carbons (Fsp3) is 0.182. The summed E-state index contributed by atoms with van der Waals surface area (Å²) in [5.74, 6) is 1.74. The van der Waals surface area contributed by atoms with Crippen LogP contribution in [-0.4, -0.2) is 21.0 Å². The predicted molar refractivity (Wildman–Crippen MR) is 115 cm³/mol. The van der Waals surface area contributed by atoms with E-state index in [0.717, 1.165) is 22.0 Å². The van der Waals surface area contributed by atoms with Gasteiger partial charge in [-0.25, -0.2) is 9.97 Å². The molecule has 0 aliphatic rings. The summed E-state index contributed by atoms with van der Waals surface area (Å²) in [5.41, 5.74) is 3.36. The van der Waals surface area contributed by atoms with E-state index in [9.17, 15) is 4.79 Å². The van der Waals surface area contributed by atoms with E-state index >= 15 is 0 Å². The number of furan rings is 1. The van der Waals surface area contributed by atoms with Gasteiger partial charge in [-0.2, -0.15) is 0 Å². The summed E-state index contributed by atoms with van der Waals surface area (Å²) in [6.45, 7) is 5.72. The van der Waals surface area contributed by atoms with Crippen LogP contribution in [-0.2, 0) is 6.54 Å². The van der Waals surface area contributed by atoms with Crippen LogP contribution in [0.1, 0.15) is 33.3 Å². The van der Waals surface area contributed by atoms with Gasteiger partial charge in [0, 0.05) is 5.56 Å². The molecule has 9 heteroatoms. The molecule has 5 heterocycles. The molecular weight excluding hydrogens is 416 g/mol. The normalized spacial score (nSPS) is 11.3. The molecule has 0 bridgehead atoms. The zero-order chi connectivity index (χ0) is 21.5. The molecule has 0 spiro atoms. The van der Waals surface area contributed by atoms with Gasteiger partial charge in [0.1, 0.15) is 17.8 Å².